The molecule has 0 N–H and O–H groups in total. The Morgan fingerprint density at radius 3 is 3.00 bits per heavy atom. The molecule has 4 unspecified atom stereocenters. The summed E-state index contributed by atoms with van der Waals surface area (Å²) in [5, 5.41) is 0. The maximum Gasteiger partial charge on any atom is 0.293 e. The molecule has 2 bridgehead atoms. The van der Waals surface area contributed by atoms with Gasteiger partial charge in [-0.3, -0.25) is 4.79 Å². The van der Waals surface area contributed by atoms with Gasteiger partial charge in [-0.2, -0.15) is 0 Å². The molecule has 2 fully saturated rings. The minimum absolute atomic E-state index is 0.152. The Kier molecular flexibility index (Phi) is 2.99. The molecule has 1 spiro atoms. The van der Waals surface area contributed by atoms with Gasteiger partial charge in [-0.15, -0.1) is 0 Å². The molecule has 0 aromatic carbocycles. The maximum atomic E-state index is 10.7. The molecule has 0 saturated heterocycles. The van der Waals surface area contributed by atoms with Gasteiger partial charge in [0, 0.05) is 5.92 Å². The number of rotatable bonds is 3. The van der Waals surface area contributed by atoms with Gasteiger partial charge in [0.1, 0.15) is 6.10 Å². The number of ether oxygens (including phenoxy) is 1. The van der Waals surface area contributed by atoms with Gasteiger partial charge in [0.25, 0.3) is 6.47 Å². The lowest BCUT2D eigenvalue weighted by Gasteiger charge is -2.56. The van der Waals surface area contributed by atoms with E-state index in [0.717, 1.165) is 12.3 Å². The van der Waals surface area contributed by atoms with Gasteiger partial charge in [0.15, 0.2) is 0 Å². The van der Waals surface area contributed by atoms with E-state index in [4.69, 9.17) is 4.74 Å². The van der Waals surface area contributed by atoms with Crippen LogP contribution in [0.2, 0.25) is 0 Å². The second kappa shape index (κ2) is 4.40. The van der Waals surface area contributed by atoms with E-state index in [1.165, 1.54) is 32.1 Å². The van der Waals surface area contributed by atoms with Crippen molar-refractivity contribution in [1.82, 2.24) is 0 Å². The molecule has 0 aromatic rings. The molecule has 0 aromatic heterocycles. The number of hydrogen-bond donors (Lipinski definition) is 0. The second-order valence-electron chi connectivity index (χ2n) is 6.79. The Bertz CT molecular complexity index is 371. The van der Waals surface area contributed by atoms with Crippen molar-refractivity contribution in [2.45, 2.75) is 58.5 Å². The van der Waals surface area contributed by atoms with Crippen LogP contribution in [0.3, 0.4) is 0 Å². The summed E-state index contributed by atoms with van der Waals surface area (Å²) >= 11 is 0. The summed E-state index contributed by atoms with van der Waals surface area (Å²) in [5.74, 6) is 1.94. The van der Waals surface area contributed by atoms with Crippen LogP contribution in [0, 0.1) is 23.2 Å². The summed E-state index contributed by atoms with van der Waals surface area (Å²) in [6, 6.07) is 0. The lowest BCUT2D eigenvalue weighted by molar-refractivity contribution is -0.144. The van der Waals surface area contributed by atoms with Crippen LogP contribution in [0.5, 0.6) is 0 Å². The SMILES string of the molecule is CC(C)C1=CC23CCCCC2CC1C(OC=O)C3. The summed E-state index contributed by atoms with van der Waals surface area (Å²) in [4.78, 5) is 10.7. The van der Waals surface area contributed by atoms with Crippen LogP contribution in [0.15, 0.2) is 11.6 Å². The third-order valence-corrected chi connectivity index (χ3v) is 5.61. The summed E-state index contributed by atoms with van der Waals surface area (Å²) in [7, 11) is 0. The fourth-order valence-corrected chi connectivity index (χ4v) is 4.78. The average Bonchev–Trinajstić information content (AvgIpc) is 2.37. The van der Waals surface area contributed by atoms with Gasteiger partial charge in [-0.05, 0) is 42.9 Å². The van der Waals surface area contributed by atoms with E-state index in [1.807, 2.05) is 0 Å². The minimum atomic E-state index is 0.152. The molecule has 0 radical (unpaired) electrons. The predicted molar refractivity (Wildman–Crippen MR) is 71.0 cm³/mol. The van der Waals surface area contributed by atoms with Gasteiger partial charge in [-0.1, -0.05) is 38.3 Å². The second-order valence-corrected chi connectivity index (χ2v) is 6.79. The summed E-state index contributed by atoms with van der Waals surface area (Å²) in [6.45, 7) is 5.22. The highest BCUT2D eigenvalue weighted by molar-refractivity contribution is 5.39. The van der Waals surface area contributed by atoms with Crippen molar-refractivity contribution in [3.05, 3.63) is 11.6 Å². The maximum absolute atomic E-state index is 10.7. The van der Waals surface area contributed by atoms with E-state index in [9.17, 15) is 4.79 Å². The average molecular weight is 248 g/mol. The molecule has 4 aliphatic rings. The van der Waals surface area contributed by atoms with Crippen LogP contribution in [0.1, 0.15) is 52.4 Å². The van der Waals surface area contributed by atoms with Gasteiger partial charge < -0.3 is 4.74 Å². The lowest BCUT2D eigenvalue weighted by Crippen LogP contribution is -2.50. The predicted octanol–water partition coefficient (Wildman–Crippen LogP) is 3.71. The van der Waals surface area contributed by atoms with Crippen LogP contribution in [0.4, 0.5) is 0 Å². The first kappa shape index (κ1) is 12.3. The van der Waals surface area contributed by atoms with Gasteiger partial charge in [0.2, 0.25) is 0 Å². The van der Waals surface area contributed by atoms with Crippen molar-refractivity contribution in [2.75, 3.05) is 0 Å². The van der Waals surface area contributed by atoms with Gasteiger partial charge in [-0.25, -0.2) is 0 Å². The van der Waals surface area contributed by atoms with E-state index in [-0.39, 0.29) is 6.10 Å². The minimum Gasteiger partial charge on any atom is -0.464 e. The third-order valence-electron chi connectivity index (χ3n) is 5.61. The highest BCUT2D eigenvalue weighted by Gasteiger charge is 2.53. The first-order valence-corrected chi connectivity index (χ1v) is 7.48. The van der Waals surface area contributed by atoms with Gasteiger partial charge in [0.05, 0.1) is 0 Å². The van der Waals surface area contributed by atoms with Crippen molar-refractivity contribution in [2.24, 2.45) is 23.2 Å². The van der Waals surface area contributed by atoms with Crippen LogP contribution in [-0.4, -0.2) is 12.6 Å². The highest BCUT2D eigenvalue weighted by atomic mass is 16.5. The molecule has 0 heterocycles. The molecule has 4 rings (SSSR count). The molecule has 2 saturated carbocycles. The van der Waals surface area contributed by atoms with Crippen LogP contribution < -0.4 is 0 Å². The zero-order valence-corrected chi connectivity index (χ0v) is 11.5. The van der Waals surface area contributed by atoms with E-state index in [0.29, 0.717) is 23.7 Å². The zero-order chi connectivity index (χ0) is 12.8. The standard InChI is InChI=1S/C16H24O2/c1-11(2)14-8-16-6-4-3-5-12(16)7-13(14)15(9-16)18-10-17/h8,10-13,15H,3-7,9H2,1-2H3. The smallest absolute Gasteiger partial charge is 0.293 e. The third kappa shape index (κ3) is 1.72. The Morgan fingerprint density at radius 1 is 1.44 bits per heavy atom. The Hall–Kier alpha value is -0.790. The number of fused-ring (bicyclic) bond motifs is 1. The molecular weight excluding hydrogens is 224 g/mol. The first-order chi connectivity index (χ1) is 8.66. The normalized spacial score (nSPS) is 42.4. The summed E-state index contributed by atoms with van der Waals surface area (Å²) in [5.41, 5.74) is 1.92. The van der Waals surface area contributed by atoms with Crippen LogP contribution in [0.25, 0.3) is 0 Å². The Labute approximate surface area is 110 Å². The van der Waals surface area contributed by atoms with E-state index < -0.39 is 0 Å². The van der Waals surface area contributed by atoms with Crippen molar-refractivity contribution in [1.29, 1.82) is 0 Å². The highest BCUT2D eigenvalue weighted by Crippen LogP contribution is 2.60. The molecule has 2 nitrogen and oxygen atoms in total. The Morgan fingerprint density at radius 2 is 2.28 bits per heavy atom. The van der Waals surface area contributed by atoms with Crippen molar-refractivity contribution in [3.63, 3.8) is 0 Å². The first-order valence-electron chi connectivity index (χ1n) is 7.48. The number of allylic oxidation sites excluding steroid dienone is 1. The van der Waals surface area contributed by atoms with Crippen LogP contribution >= 0.6 is 0 Å². The zero-order valence-electron chi connectivity index (χ0n) is 11.5. The molecule has 18 heavy (non-hydrogen) atoms. The van der Waals surface area contributed by atoms with Crippen molar-refractivity contribution >= 4 is 6.47 Å². The molecule has 2 heteroatoms. The molecule has 100 valence electrons. The van der Waals surface area contributed by atoms with Crippen LogP contribution in [-0.2, 0) is 9.53 Å². The molecule has 0 amide bonds. The van der Waals surface area contributed by atoms with Gasteiger partial charge >= 0.3 is 0 Å². The lowest BCUT2D eigenvalue weighted by atomic mass is 9.50. The monoisotopic (exact) mass is 248 g/mol. The molecule has 4 atom stereocenters. The quantitative estimate of drug-likeness (QED) is 0.562. The molecule has 4 aliphatic carbocycles. The fourth-order valence-electron chi connectivity index (χ4n) is 4.78. The van der Waals surface area contributed by atoms with Crippen molar-refractivity contribution < 1.29 is 9.53 Å². The number of carbonyl (C=O) groups is 1. The summed E-state index contributed by atoms with van der Waals surface area (Å²) < 4.78 is 5.42. The van der Waals surface area contributed by atoms with E-state index >= 15 is 0 Å². The number of carbonyl (C=O) groups excluding carboxylic acids is 1. The van der Waals surface area contributed by atoms with E-state index in [2.05, 4.69) is 19.9 Å². The topological polar surface area (TPSA) is 26.3 Å². The van der Waals surface area contributed by atoms with E-state index in [1.54, 1.807) is 5.57 Å². The summed E-state index contributed by atoms with van der Waals surface area (Å²) in [6.07, 6.45) is 10.5. The Balaban J connectivity index is 1.96. The number of hydrogen-bond acceptors (Lipinski definition) is 2. The van der Waals surface area contributed by atoms with Crippen molar-refractivity contribution in [3.8, 4) is 0 Å². The molecule has 0 aliphatic heterocycles. The fraction of sp³-hybridized carbons (Fsp3) is 0.812. The molecular formula is C16H24O2. The largest absolute Gasteiger partial charge is 0.464 e.